The zero-order valence-corrected chi connectivity index (χ0v) is 20.2. The number of carbonyl (C=O) groups excluding carboxylic acids is 1. The van der Waals surface area contributed by atoms with E-state index in [0.29, 0.717) is 36.2 Å². The van der Waals surface area contributed by atoms with Gasteiger partial charge in [0.1, 0.15) is 11.3 Å². The number of para-hydroxylation sites is 2. The van der Waals surface area contributed by atoms with Gasteiger partial charge in [-0.05, 0) is 51.0 Å². The number of nitrogens with one attached hydrogen (secondary N) is 1. The molecule has 0 aliphatic heterocycles. The lowest BCUT2D eigenvalue weighted by Crippen LogP contribution is -2.50. The number of nitrogens with zero attached hydrogens (tertiary/aromatic N) is 5. The van der Waals surface area contributed by atoms with E-state index in [-0.39, 0.29) is 5.91 Å². The third kappa shape index (κ3) is 5.07. The van der Waals surface area contributed by atoms with Gasteiger partial charge in [0.25, 0.3) is 0 Å². The SMILES string of the molecule is CCOc1ccccc1-n1c(S[C@@H](C)C(=O)NC2(C#N)CCCCC2)nnc1-c1cccnc1. The predicted molar refractivity (Wildman–Crippen MR) is 131 cm³/mol. The number of hydrogen-bond donors (Lipinski definition) is 1. The van der Waals surface area contributed by atoms with Crippen LogP contribution in [-0.4, -0.2) is 43.1 Å². The van der Waals surface area contributed by atoms with Crippen molar-refractivity contribution in [3.63, 3.8) is 0 Å². The first-order valence-corrected chi connectivity index (χ1v) is 12.4. The molecule has 0 radical (unpaired) electrons. The van der Waals surface area contributed by atoms with Crippen LogP contribution in [0, 0.1) is 11.3 Å². The highest BCUT2D eigenvalue weighted by Gasteiger charge is 2.35. The van der Waals surface area contributed by atoms with Crippen LogP contribution in [0.1, 0.15) is 46.0 Å². The third-order valence-electron chi connectivity index (χ3n) is 5.89. The van der Waals surface area contributed by atoms with Crippen LogP contribution in [0.15, 0.2) is 53.9 Å². The molecule has 0 unspecified atom stereocenters. The predicted octanol–water partition coefficient (Wildman–Crippen LogP) is 4.55. The number of benzene rings is 1. The van der Waals surface area contributed by atoms with Crippen LogP contribution in [0.5, 0.6) is 5.75 Å². The molecule has 0 spiro atoms. The molecular formula is C25H28N6O2S. The average molecular weight is 477 g/mol. The summed E-state index contributed by atoms with van der Waals surface area (Å²) in [6.07, 6.45) is 7.82. The Hall–Kier alpha value is -3.38. The van der Waals surface area contributed by atoms with E-state index in [9.17, 15) is 10.1 Å². The number of ether oxygens (including phenoxy) is 1. The molecular weight excluding hydrogens is 448 g/mol. The Morgan fingerprint density at radius 1 is 1.24 bits per heavy atom. The normalized spacial score (nSPS) is 15.8. The summed E-state index contributed by atoms with van der Waals surface area (Å²) in [6.45, 7) is 4.27. The molecule has 3 aromatic rings. The monoisotopic (exact) mass is 476 g/mol. The molecule has 1 aromatic carbocycles. The van der Waals surface area contributed by atoms with Crippen LogP contribution in [0.3, 0.4) is 0 Å². The average Bonchev–Trinajstić information content (AvgIpc) is 3.29. The van der Waals surface area contributed by atoms with E-state index in [4.69, 9.17) is 4.74 Å². The summed E-state index contributed by atoms with van der Waals surface area (Å²) in [4.78, 5) is 17.3. The molecule has 1 aliphatic carbocycles. The lowest BCUT2D eigenvalue weighted by atomic mass is 9.83. The maximum Gasteiger partial charge on any atom is 0.234 e. The van der Waals surface area contributed by atoms with Gasteiger partial charge in [0, 0.05) is 18.0 Å². The van der Waals surface area contributed by atoms with Crippen LogP contribution < -0.4 is 10.1 Å². The largest absolute Gasteiger partial charge is 0.492 e. The van der Waals surface area contributed by atoms with Gasteiger partial charge in [-0.2, -0.15) is 5.26 Å². The van der Waals surface area contributed by atoms with Crippen LogP contribution >= 0.6 is 11.8 Å². The first-order chi connectivity index (χ1) is 16.6. The van der Waals surface area contributed by atoms with Gasteiger partial charge in [0.05, 0.1) is 23.6 Å². The van der Waals surface area contributed by atoms with Crippen molar-refractivity contribution in [2.45, 2.75) is 61.9 Å². The maximum absolute atomic E-state index is 13.1. The van der Waals surface area contributed by atoms with E-state index in [1.807, 2.05) is 54.8 Å². The molecule has 2 heterocycles. The Labute approximate surface area is 203 Å². The van der Waals surface area contributed by atoms with E-state index < -0.39 is 10.8 Å². The van der Waals surface area contributed by atoms with Gasteiger partial charge in [0.15, 0.2) is 11.0 Å². The van der Waals surface area contributed by atoms with Crippen molar-refractivity contribution >= 4 is 17.7 Å². The first-order valence-electron chi connectivity index (χ1n) is 11.5. The molecule has 8 nitrogen and oxygen atoms in total. The minimum absolute atomic E-state index is 0.177. The number of hydrogen-bond acceptors (Lipinski definition) is 7. The second-order valence-electron chi connectivity index (χ2n) is 8.29. The standard InChI is InChI=1S/C25H28N6O2S/c1-3-33-21-12-6-5-11-20(21)31-22(19-10-9-15-27-16-19)29-30-24(31)34-18(2)23(32)28-25(17-26)13-7-4-8-14-25/h5-6,9-12,15-16,18H,3-4,7-8,13-14H2,1-2H3,(H,28,32)/t18-/m0/s1. The summed E-state index contributed by atoms with van der Waals surface area (Å²) in [5, 5.41) is 21.7. The molecule has 4 rings (SSSR count). The highest BCUT2D eigenvalue weighted by molar-refractivity contribution is 8.00. The smallest absolute Gasteiger partial charge is 0.234 e. The number of nitriles is 1. The molecule has 34 heavy (non-hydrogen) atoms. The molecule has 9 heteroatoms. The van der Waals surface area contributed by atoms with E-state index in [1.54, 1.807) is 12.4 Å². The van der Waals surface area contributed by atoms with E-state index >= 15 is 0 Å². The summed E-state index contributed by atoms with van der Waals surface area (Å²) >= 11 is 1.31. The lowest BCUT2D eigenvalue weighted by Gasteiger charge is -2.32. The van der Waals surface area contributed by atoms with Gasteiger partial charge < -0.3 is 10.1 Å². The van der Waals surface area contributed by atoms with Crippen molar-refractivity contribution in [2.75, 3.05) is 6.61 Å². The van der Waals surface area contributed by atoms with Gasteiger partial charge in [0.2, 0.25) is 5.91 Å². The molecule has 1 atom stereocenters. The molecule has 176 valence electrons. The first kappa shape index (κ1) is 23.8. The van der Waals surface area contributed by atoms with E-state index in [0.717, 1.165) is 30.5 Å². The van der Waals surface area contributed by atoms with Gasteiger partial charge in [-0.3, -0.25) is 14.3 Å². The number of aromatic nitrogens is 4. The molecule has 1 aliphatic rings. The molecule has 1 amide bonds. The topological polar surface area (TPSA) is 106 Å². The number of rotatable bonds is 8. The molecule has 0 saturated heterocycles. The Balaban J connectivity index is 1.67. The van der Waals surface area contributed by atoms with E-state index in [2.05, 4.69) is 26.6 Å². The number of carbonyl (C=O) groups is 1. The molecule has 1 N–H and O–H groups in total. The van der Waals surface area contributed by atoms with Crippen molar-refractivity contribution in [2.24, 2.45) is 0 Å². The summed E-state index contributed by atoms with van der Waals surface area (Å²) in [5.41, 5.74) is 0.806. The number of pyridine rings is 1. The summed E-state index contributed by atoms with van der Waals surface area (Å²) < 4.78 is 7.77. The minimum Gasteiger partial charge on any atom is -0.492 e. The lowest BCUT2D eigenvalue weighted by molar-refractivity contribution is -0.121. The molecule has 1 saturated carbocycles. The maximum atomic E-state index is 13.1. The Bertz CT molecular complexity index is 1170. The van der Waals surface area contributed by atoms with Crippen molar-refractivity contribution in [3.05, 3.63) is 48.8 Å². The second-order valence-corrected chi connectivity index (χ2v) is 9.60. The molecule has 1 fully saturated rings. The van der Waals surface area contributed by atoms with Gasteiger partial charge in [-0.25, -0.2) is 0 Å². The minimum atomic E-state index is -0.778. The van der Waals surface area contributed by atoms with Crippen LogP contribution in [-0.2, 0) is 4.79 Å². The third-order valence-corrected chi connectivity index (χ3v) is 6.94. The van der Waals surface area contributed by atoms with E-state index in [1.165, 1.54) is 11.8 Å². The zero-order chi connectivity index (χ0) is 24.0. The van der Waals surface area contributed by atoms with Crippen LogP contribution in [0.2, 0.25) is 0 Å². The van der Waals surface area contributed by atoms with Crippen molar-refractivity contribution in [3.8, 4) is 28.9 Å². The highest BCUT2D eigenvalue weighted by atomic mass is 32.2. The van der Waals surface area contributed by atoms with Crippen molar-refractivity contribution in [1.82, 2.24) is 25.1 Å². The van der Waals surface area contributed by atoms with Crippen LogP contribution in [0.4, 0.5) is 0 Å². The molecule has 0 bridgehead atoms. The Morgan fingerprint density at radius 3 is 2.74 bits per heavy atom. The Morgan fingerprint density at radius 2 is 2.03 bits per heavy atom. The van der Waals surface area contributed by atoms with Crippen LogP contribution in [0.25, 0.3) is 17.1 Å². The number of amides is 1. The Kier molecular flexibility index (Phi) is 7.48. The summed E-state index contributed by atoms with van der Waals surface area (Å²) in [5.74, 6) is 1.12. The summed E-state index contributed by atoms with van der Waals surface area (Å²) in [7, 11) is 0. The zero-order valence-electron chi connectivity index (χ0n) is 19.4. The fraction of sp³-hybridized carbons (Fsp3) is 0.400. The second kappa shape index (κ2) is 10.7. The van der Waals surface area contributed by atoms with Gasteiger partial charge in [-0.15, -0.1) is 10.2 Å². The fourth-order valence-corrected chi connectivity index (χ4v) is 4.99. The fourth-order valence-electron chi connectivity index (χ4n) is 4.13. The van der Waals surface area contributed by atoms with Gasteiger partial charge >= 0.3 is 0 Å². The summed E-state index contributed by atoms with van der Waals surface area (Å²) in [6, 6.07) is 13.8. The molecule has 2 aromatic heterocycles. The van der Waals surface area contributed by atoms with Crippen molar-refractivity contribution in [1.29, 1.82) is 5.26 Å². The highest BCUT2D eigenvalue weighted by Crippen LogP contribution is 2.34. The quantitative estimate of drug-likeness (QED) is 0.475. The van der Waals surface area contributed by atoms with Crippen molar-refractivity contribution < 1.29 is 9.53 Å². The van der Waals surface area contributed by atoms with Gasteiger partial charge in [-0.1, -0.05) is 43.2 Å². The number of thioether (sulfide) groups is 1.